The summed E-state index contributed by atoms with van der Waals surface area (Å²) in [4.78, 5) is 89.0. The van der Waals surface area contributed by atoms with Gasteiger partial charge in [0.1, 0.15) is 41.4 Å². The maximum Gasteiger partial charge on any atom is 0.410 e. The Morgan fingerprint density at radius 2 is 1.72 bits per heavy atom. The van der Waals surface area contributed by atoms with Crippen molar-refractivity contribution in [3.63, 3.8) is 0 Å². The van der Waals surface area contributed by atoms with Gasteiger partial charge in [0.15, 0.2) is 5.75 Å². The third kappa shape index (κ3) is 12.9. The summed E-state index contributed by atoms with van der Waals surface area (Å²) in [6, 6.07) is 11.5. The van der Waals surface area contributed by atoms with Crippen LogP contribution < -0.4 is 20.7 Å². The second kappa shape index (κ2) is 21.4. The van der Waals surface area contributed by atoms with Crippen molar-refractivity contribution in [2.45, 2.75) is 128 Å². The summed E-state index contributed by atoms with van der Waals surface area (Å²) >= 11 is 0. The SMILES string of the molecule is CC(C)CC(C(=O)N(C)C1(C(=O)NC(COc2cnc3ccc(F)cc3c2C(=O)NC(CC(=O)O)C(=O)NCCc2cc(C3CC3)no2)Cc2ccccc2)CCC1)N(C)C(=O)OC(C)(C)C. The zero-order valence-electron chi connectivity index (χ0n) is 39.2. The number of amides is 5. The molecule has 2 saturated carbocycles. The minimum Gasteiger partial charge on any atom is -0.489 e. The largest absolute Gasteiger partial charge is 0.489 e. The molecule has 18 heteroatoms. The summed E-state index contributed by atoms with van der Waals surface area (Å²) < 4.78 is 32.2. The summed E-state index contributed by atoms with van der Waals surface area (Å²) in [6.07, 6.45) is 4.18. The lowest BCUT2D eigenvalue weighted by Gasteiger charge is -2.49. The minimum atomic E-state index is -1.54. The Kier molecular flexibility index (Phi) is 15.9. The molecule has 3 atom stereocenters. The van der Waals surface area contributed by atoms with E-state index in [2.05, 4.69) is 26.1 Å². The standard InChI is InChI=1S/C49H62FN7O10/c1-29(2)22-39(56(6)47(64)66-48(3,4)5)45(62)57(7)49(19-11-20-49)46(63)53-33(23-30-12-9-8-10-13-30)28-65-40-27-52-36-17-16-32(50)24-35(36)42(40)44(61)54-38(26-41(58)59)43(60)51-21-18-34-25-37(55-67-34)31-14-15-31/h8-10,12-13,16-17,24-25,27,29,31,33,38-39H,11,14-15,18-23,26,28H2,1-7H3,(H,51,60)(H,53,63)(H,54,61)(H,58,59). The second-order valence-electron chi connectivity index (χ2n) is 19.0. The first-order valence-corrected chi connectivity index (χ1v) is 22.8. The van der Waals surface area contributed by atoms with Crippen molar-refractivity contribution in [2.24, 2.45) is 5.92 Å². The van der Waals surface area contributed by atoms with Gasteiger partial charge in [0.2, 0.25) is 17.7 Å². The van der Waals surface area contributed by atoms with E-state index < -0.39 is 77.2 Å². The number of hydrogen-bond donors (Lipinski definition) is 4. The summed E-state index contributed by atoms with van der Waals surface area (Å²) in [6.45, 7) is 8.94. The zero-order chi connectivity index (χ0) is 48.6. The number of rotatable bonds is 21. The van der Waals surface area contributed by atoms with Crippen molar-refractivity contribution in [2.75, 3.05) is 27.2 Å². The number of ether oxygens (including phenoxy) is 2. The third-order valence-electron chi connectivity index (χ3n) is 12.1. The number of hydrogen-bond acceptors (Lipinski definition) is 11. The van der Waals surface area contributed by atoms with E-state index in [0.29, 0.717) is 37.4 Å². The molecule has 0 aliphatic heterocycles. The number of carboxylic acids is 1. The molecule has 0 radical (unpaired) electrons. The normalized spacial score (nSPS) is 15.7. The molecule has 0 saturated heterocycles. The van der Waals surface area contributed by atoms with E-state index in [-0.39, 0.29) is 54.1 Å². The number of nitrogens with one attached hydrogen (secondary N) is 3. The molecular formula is C49H62FN7O10. The van der Waals surface area contributed by atoms with Crippen molar-refractivity contribution in [1.82, 2.24) is 35.9 Å². The molecule has 2 fully saturated rings. The predicted octanol–water partition coefficient (Wildman–Crippen LogP) is 5.94. The first-order chi connectivity index (χ1) is 31.7. The van der Waals surface area contributed by atoms with E-state index in [9.17, 15) is 38.3 Å². The molecule has 0 spiro atoms. The van der Waals surface area contributed by atoms with Crippen molar-refractivity contribution < 1.29 is 52.3 Å². The molecule has 4 N–H and O–H groups in total. The fraction of sp³-hybridized carbons (Fsp3) is 0.510. The van der Waals surface area contributed by atoms with Crippen LogP contribution in [-0.2, 0) is 36.8 Å². The highest BCUT2D eigenvalue weighted by Gasteiger charge is 2.51. The lowest BCUT2D eigenvalue weighted by atomic mass is 9.74. The predicted molar refractivity (Wildman–Crippen MR) is 245 cm³/mol. The lowest BCUT2D eigenvalue weighted by Crippen LogP contribution is -2.67. The van der Waals surface area contributed by atoms with Crippen LogP contribution in [-0.4, -0.2) is 117 Å². The molecule has 3 unspecified atom stereocenters. The van der Waals surface area contributed by atoms with E-state index in [1.165, 1.54) is 35.2 Å². The monoisotopic (exact) mass is 927 g/mol. The van der Waals surface area contributed by atoms with Gasteiger partial charge in [0.25, 0.3) is 5.91 Å². The second-order valence-corrected chi connectivity index (χ2v) is 19.0. The molecule has 360 valence electrons. The Balaban J connectivity index is 1.23. The minimum absolute atomic E-state index is 0.0231. The number of pyridine rings is 1. The Labute approximate surface area is 389 Å². The molecule has 2 heterocycles. The topological polar surface area (TPSA) is 223 Å². The number of likely N-dealkylation sites (N-methyl/N-ethyl adjacent to an activating group) is 2. The first-order valence-electron chi connectivity index (χ1n) is 22.8. The molecule has 6 rings (SSSR count). The molecule has 17 nitrogen and oxygen atoms in total. The Morgan fingerprint density at radius 1 is 1.00 bits per heavy atom. The van der Waals surface area contributed by atoms with E-state index >= 15 is 0 Å². The smallest absolute Gasteiger partial charge is 0.410 e. The quantitative estimate of drug-likeness (QED) is 0.0763. The van der Waals surface area contributed by atoms with E-state index in [1.807, 2.05) is 50.2 Å². The van der Waals surface area contributed by atoms with Crippen molar-refractivity contribution >= 4 is 46.6 Å². The number of carboxylic acid groups (broad SMARTS) is 1. The van der Waals surface area contributed by atoms with Crippen LogP contribution in [0.2, 0.25) is 0 Å². The van der Waals surface area contributed by atoms with Gasteiger partial charge in [0, 0.05) is 44.4 Å². The van der Waals surface area contributed by atoms with Crippen LogP contribution in [0, 0.1) is 11.7 Å². The molecule has 5 amide bonds. The van der Waals surface area contributed by atoms with Gasteiger partial charge in [-0.25, -0.2) is 9.18 Å². The highest BCUT2D eigenvalue weighted by atomic mass is 19.1. The maximum atomic E-state index is 14.9. The highest BCUT2D eigenvalue weighted by molar-refractivity contribution is 6.10. The fourth-order valence-corrected chi connectivity index (χ4v) is 8.11. The highest BCUT2D eigenvalue weighted by Crippen LogP contribution is 2.40. The Bertz CT molecular complexity index is 2430. The summed E-state index contributed by atoms with van der Waals surface area (Å²) in [7, 11) is 3.09. The number of fused-ring (bicyclic) bond motifs is 1. The summed E-state index contributed by atoms with van der Waals surface area (Å²) in [5.74, 6) is -3.76. The molecule has 2 aliphatic carbocycles. The van der Waals surface area contributed by atoms with Crippen LogP contribution in [0.25, 0.3) is 10.9 Å². The number of carbonyl (C=O) groups is 6. The van der Waals surface area contributed by atoms with Gasteiger partial charge in [-0.15, -0.1) is 0 Å². The van der Waals surface area contributed by atoms with E-state index in [1.54, 1.807) is 27.8 Å². The zero-order valence-corrected chi connectivity index (χ0v) is 39.2. The molecular weight excluding hydrogens is 866 g/mol. The molecule has 4 aromatic rings. The Morgan fingerprint density at radius 3 is 2.34 bits per heavy atom. The van der Waals surface area contributed by atoms with Gasteiger partial charge < -0.3 is 40.0 Å². The average Bonchev–Trinajstić information content (AvgIpc) is 3.99. The number of aliphatic carboxylic acids is 1. The number of nitrogens with zero attached hydrogens (tertiary/aromatic N) is 4. The third-order valence-corrected chi connectivity index (χ3v) is 12.1. The van der Waals surface area contributed by atoms with Crippen LogP contribution in [0.4, 0.5) is 9.18 Å². The van der Waals surface area contributed by atoms with Gasteiger partial charge in [-0.3, -0.25) is 33.9 Å². The fourth-order valence-electron chi connectivity index (χ4n) is 8.11. The first kappa shape index (κ1) is 49.8. The molecule has 2 aromatic carbocycles. The maximum absolute atomic E-state index is 14.9. The van der Waals surface area contributed by atoms with Crippen LogP contribution >= 0.6 is 0 Å². The summed E-state index contributed by atoms with van der Waals surface area (Å²) in [5, 5.41) is 22.1. The number of carbonyl (C=O) groups excluding carboxylic acids is 5. The lowest BCUT2D eigenvalue weighted by molar-refractivity contribution is -0.155. The van der Waals surface area contributed by atoms with Crippen LogP contribution in [0.3, 0.4) is 0 Å². The van der Waals surface area contributed by atoms with Crippen molar-refractivity contribution in [3.8, 4) is 5.75 Å². The van der Waals surface area contributed by atoms with Crippen LogP contribution in [0.1, 0.15) is 113 Å². The van der Waals surface area contributed by atoms with Gasteiger partial charge in [-0.1, -0.05) is 49.3 Å². The number of halogens is 1. The van der Waals surface area contributed by atoms with Gasteiger partial charge in [0.05, 0.1) is 35.4 Å². The number of aromatic nitrogens is 2. The molecule has 2 aromatic heterocycles. The van der Waals surface area contributed by atoms with E-state index in [0.717, 1.165) is 30.2 Å². The van der Waals surface area contributed by atoms with Crippen LogP contribution in [0.15, 0.2) is 65.3 Å². The van der Waals surface area contributed by atoms with E-state index in [4.69, 9.17) is 14.0 Å². The molecule has 0 bridgehead atoms. The molecule has 2 aliphatic rings. The van der Waals surface area contributed by atoms with Crippen LogP contribution in [0.5, 0.6) is 5.75 Å². The Hall–Kier alpha value is -6.59. The van der Waals surface area contributed by atoms with Gasteiger partial charge in [-0.05, 0) is 95.4 Å². The summed E-state index contributed by atoms with van der Waals surface area (Å²) in [5.41, 5.74) is -0.350. The van der Waals surface area contributed by atoms with Gasteiger partial charge in [-0.2, -0.15) is 0 Å². The van der Waals surface area contributed by atoms with Gasteiger partial charge >= 0.3 is 12.1 Å². The van der Waals surface area contributed by atoms with Crippen molar-refractivity contribution in [3.05, 3.63) is 89.2 Å². The van der Waals surface area contributed by atoms with Crippen molar-refractivity contribution in [1.29, 1.82) is 0 Å². The molecule has 67 heavy (non-hydrogen) atoms. The average molecular weight is 928 g/mol. The number of benzene rings is 2.